The van der Waals surface area contributed by atoms with Crippen LogP contribution in [0.2, 0.25) is 0 Å². The Labute approximate surface area is 206 Å². The van der Waals surface area contributed by atoms with Crippen LogP contribution in [-0.2, 0) is 4.74 Å². The third kappa shape index (κ3) is 6.69. The van der Waals surface area contributed by atoms with Crippen molar-refractivity contribution in [3.63, 3.8) is 0 Å². The third-order valence-electron chi connectivity index (χ3n) is 7.94. The Hall–Kier alpha value is -1.72. The summed E-state index contributed by atoms with van der Waals surface area (Å²) in [6.07, 6.45) is 3.58. The van der Waals surface area contributed by atoms with Crippen molar-refractivity contribution >= 4 is 0 Å². The van der Waals surface area contributed by atoms with E-state index in [0.29, 0.717) is 31.1 Å². The zero-order valence-electron chi connectivity index (χ0n) is 21.4. The number of hydrogen-bond donors (Lipinski definition) is 1. The number of β-amino-alcohol motifs (C(OH)–C–C–N with tert-alkyl or cyclic N) is 1. The van der Waals surface area contributed by atoms with Crippen LogP contribution in [0.4, 0.5) is 0 Å². The molecule has 1 aliphatic carbocycles. The van der Waals surface area contributed by atoms with Gasteiger partial charge in [-0.2, -0.15) is 0 Å². The summed E-state index contributed by atoms with van der Waals surface area (Å²) in [6, 6.07) is 21.9. The van der Waals surface area contributed by atoms with Crippen molar-refractivity contribution in [3.8, 4) is 0 Å². The van der Waals surface area contributed by atoms with Gasteiger partial charge in [-0.25, -0.2) is 0 Å². The highest BCUT2D eigenvalue weighted by atomic mass is 16.5. The molecular weight excluding hydrogens is 420 g/mol. The fourth-order valence-corrected chi connectivity index (χ4v) is 5.98. The van der Waals surface area contributed by atoms with Crippen molar-refractivity contribution in [2.45, 2.75) is 58.3 Å². The molecule has 4 nitrogen and oxygen atoms in total. The Bertz CT molecular complexity index is 796. The van der Waals surface area contributed by atoms with Crippen LogP contribution in [-0.4, -0.2) is 66.4 Å². The molecule has 0 spiro atoms. The number of nitrogens with zero attached hydrogens (tertiary/aromatic N) is 2. The van der Waals surface area contributed by atoms with E-state index in [1.807, 2.05) is 0 Å². The van der Waals surface area contributed by atoms with Crippen molar-refractivity contribution in [1.82, 2.24) is 9.80 Å². The molecule has 0 bridgehead atoms. The molecule has 186 valence electrons. The first kappa shape index (κ1) is 25.4. The van der Waals surface area contributed by atoms with Gasteiger partial charge in [0.05, 0.1) is 24.9 Å². The Morgan fingerprint density at radius 2 is 1.47 bits per heavy atom. The van der Waals surface area contributed by atoms with E-state index in [-0.39, 0.29) is 6.04 Å². The third-order valence-corrected chi connectivity index (χ3v) is 7.94. The highest BCUT2D eigenvalue weighted by molar-refractivity contribution is 5.31. The van der Waals surface area contributed by atoms with Crippen LogP contribution in [0.15, 0.2) is 60.7 Å². The predicted molar refractivity (Wildman–Crippen MR) is 140 cm³/mol. The average molecular weight is 465 g/mol. The van der Waals surface area contributed by atoms with Crippen LogP contribution in [0.3, 0.4) is 0 Å². The van der Waals surface area contributed by atoms with Crippen LogP contribution < -0.4 is 0 Å². The molecule has 4 atom stereocenters. The Morgan fingerprint density at radius 3 is 2.03 bits per heavy atom. The largest absolute Gasteiger partial charge is 0.389 e. The van der Waals surface area contributed by atoms with E-state index in [0.717, 1.165) is 38.5 Å². The molecule has 34 heavy (non-hydrogen) atoms. The van der Waals surface area contributed by atoms with Gasteiger partial charge >= 0.3 is 0 Å². The van der Waals surface area contributed by atoms with Crippen molar-refractivity contribution in [2.24, 2.45) is 17.8 Å². The van der Waals surface area contributed by atoms with Crippen molar-refractivity contribution in [1.29, 1.82) is 0 Å². The molecule has 0 amide bonds. The Balaban J connectivity index is 1.29. The molecule has 4 rings (SSSR count). The molecule has 1 heterocycles. The van der Waals surface area contributed by atoms with E-state index in [4.69, 9.17) is 4.74 Å². The van der Waals surface area contributed by atoms with Gasteiger partial charge in [0.15, 0.2) is 0 Å². The lowest BCUT2D eigenvalue weighted by atomic mass is 9.75. The second kappa shape index (κ2) is 12.3. The quantitative estimate of drug-likeness (QED) is 0.551. The average Bonchev–Trinajstić information content (AvgIpc) is 2.85. The number of hydrogen-bond acceptors (Lipinski definition) is 4. The van der Waals surface area contributed by atoms with Gasteiger partial charge in [0, 0.05) is 32.7 Å². The monoisotopic (exact) mass is 464 g/mol. The molecule has 2 aromatic carbocycles. The lowest BCUT2D eigenvalue weighted by Gasteiger charge is -2.40. The summed E-state index contributed by atoms with van der Waals surface area (Å²) in [5.41, 5.74) is 2.69. The van der Waals surface area contributed by atoms with E-state index < -0.39 is 6.10 Å². The minimum Gasteiger partial charge on any atom is -0.389 e. The van der Waals surface area contributed by atoms with Gasteiger partial charge in [-0.3, -0.25) is 9.80 Å². The Morgan fingerprint density at radius 1 is 0.882 bits per heavy atom. The maximum Gasteiger partial charge on any atom is 0.0900 e. The molecule has 2 aromatic rings. The zero-order valence-corrected chi connectivity index (χ0v) is 21.4. The van der Waals surface area contributed by atoms with E-state index in [2.05, 4.69) is 91.2 Å². The number of piperazine rings is 1. The minimum atomic E-state index is -0.421. The maximum absolute atomic E-state index is 10.8. The maximum atomic E-state index is 10.8. The second-order valence-corrected chi connectivity index (χ2v) is 10.9. The topological polar surface area (TPSA) is 35.9 Å². The summed E-state index contributed by atoms with van der Waals surface area (Å²) < 4.78 is 6.32. The number of aliphatic hydroxyl groups is 1. The van der Waals surface area contributed by atoms with Gasteiger partial charge in [-0.05, 0) is 41.7 Å². The first-order chi connectivity index (χ1) is 16.5. The van der Waals surface area contributed by atoms with E-state index >= 15 is 0 Å². The lowest BCUT2D eigenvalue weighted by Crippen LogP contribution is -2.50. The van der Waals surface area contributed by atoms with E-state index in [9.17, 15) is 5.11 Å². The smallest absolute Gasteiger partial charge is 0.0900 e. The molecule has 1 N–H and O–H groups in total. The molecule has 0 radical (unpaired) electrons. The summed E-state index contributed by atoms with van der Waals surface area (Å²) in [5.74, 6) is 2.00. The lowest BCUT2D eigenvalue weighted by molar-refractivity contribution is -0.0757. The molecule has 1 saturated heterocycles. The molecule has 1 saturated carbocycles. The second-order valence-electron chi connectivity index (χ2n) is 10.9. The van der Waals surface area contributed by atoms with Gasteiger partial charge in [0.1, 0.15) is 0 Å². The van der Waals surface area contributed by atoms with Gasteiger partial charge in [0.25, 0.3) is 0 Å². The number of aliphatic hydroxyl groups excluding tert-OH is 1. The fourth-order valence-electron chi connectivity index (χ4n) is 5.98. The fraction of sp³-hybridized carbons (Fsp3) is 0.600. The van der Waals surface area contributed by atoms with Crippen LogP contribution in [0.5, 0.6) is 0 Å². The van der Waals surface area contributed by atoms with E-state index in [1.54, 1.807) is 0 Å². The highest BCUT2D eigenvalue weighted by Gasteiger charge is 2.32. The van der Waals surface area contributed by atoms with Crippen LogP contribution in [0.1, 0.15) is 57.2 Å². The van der Waals surface area contributed by atoms with Crippen molar-refractivity contribution < 1.29 is 9.84 Å². The molecule has 0 unspecified atom stereocenters. The van der Waals surface area contributed by atoms with Crippen LogP contribution in [0, 0.1) is 17.8 Å². The summed E-state index contributed by atoms with van der Waals surface area (Å²) in [4.78, 5) is 4.99. The first-order valence-electron chi connectivity index (χ1n) is 13.4. The molecule has 1 aliphatic heterocycles. The summed E-state index contributed by atoms with van der Waals surface area (Å²) >= 11 is 0. The summed E-state index contributed by atoms with van der Waals surface area (Å²) in [6.45, 7) is 12.1. The molecule has 2 fully saturated rings. The molecule has 2 aliphatic rings. The summed E-state index contributed by atoms with van der Waals surface area (Å²) in [5, 5.41) is 10.8. The number of benzene rings is 2. The molecular formula is C30H44N2O2. The first-order valence-corrected chi connectivity index (χ1v) is 13.4. The zero-order chi connectivity index (χ0) is 23.9. The molecule has 0 aromatic heterocycles. The summed E-state index contributed by atoms with van der Waals surface area (Å²) in [7, 11) is 0. The number of rotatable bonds is 9. The SMILES string of the molecule is CC(C)[C@H]1CC[C@H](C)C[C@H]1OC[C@H](O)CN1CCN(C(c2ccccc2)c2ccccc2)CC1. The van der Waals surface area contributed by atoms with Gasteiger partial charge in [0.2, 0.25) is 0 Å². The molecule has 4 heteroatoms. The normalized spacial score (nSPS) is 25.6. The van der Waals surface area contributed by atoms with Gasteiger partial charge in [-0.15, -0.1) is 0 Å². The van der Waals surface area contributed by atoms with Crippen molar-refractivity contribution in [3.05, 3.63) is 71.8 Å². The Kier molecular flexibility index (Phi) is 9.18. The minimum absolute atomic E-state index is 0.277. The van der Waals surface area contributed by atoms with E-state index in [1.165, 1.54) is 24.0 Å². The van der Waals surface area contributed by atoms with Crippen LogP contribution in [0.25, 0.3) is 0 Å². The van der Waals surface area contributed by atoms with Gasteiger partial charge < -0.3 is 9.84 Å². The predicted octanol–water partition coefficient (Wildman–Crippen LogP) is 5.23. The van der Waals surface area contributed by atoms with Gasteiger partial charge in [-0.1, -0.05) is 87.9 Å². The number of ether oxygens (including phenoxy) is 1. The van der Waals surface area contributed by atoms with Crippen LogP contribution >= 0.6 is 0 Å². The highest BCUT2D eigenvalue weighted by Crippen LogP contribution is 2.35. The standard InChI is InChI=1S/C30H44N2O2/c1-23(2)28-15-14-24(3)20-29(28)34-22-27(33)21-31-16-18-32(19-17-31)30(25-10-6-4-7-11-25)26-12-8-5-9-13-26/h4-13,23-24,27-30,33H,14-22H2,1-3H3/t24-,27+,28+,29+/m0/s1. The van der Waals surface area contributed by atoms with Crippen molar-refractivity contribution in [2.75, 3.05) is 39.3 Å².